The summed E-state index contributed by atoms with van der Waals surface area (Å²) in [6, 6.07) is 3.51. The highest BCUT2D eigenvalue weighted by molar-refractivity contribution is 9.10. The van der Waals surface area contributed by atoms with Gasteiger partial charge in [0.2, 0.25) is 5.91 Å². The van der Waals surface area contributed by atoms with Gasteiger partial charge in [-0.3, -0.25) is 9.59 Å². The number of nitrogens with zero attached hydrogens (tertiary/aromatic N) is 2. The van der Waals surface area contributed by atoms with Crippen molar-refractivity contribution in [2.75, 3.05) is 6.54 Å². The zero-order valence-electron chi connectivity index (χ0n) is 10.5. The summed E-state index contributed by atoms with van der Waals surface area (Å²) in [4.78, 5) is 29.2. The van der Waals surface area contributed by atoms with Gasteiger partial charge in [-0.25, -0.2) is 4.98 Å². The number of primary amides is 1. The first-order chi connectivity index (χ1) is 9.08. The van der Waals surface area contributed by atoms with Crippen LogP contribution in [0.15, 0.2) is 22.8 Å². The molecule has 5 nitrogen and oxygen atoms in total. The van der Waals surface area contributed by atoms with Crippen molar-refractivity contribution in [2.24, 2.45) is 5.73 Å². The Hall–Kier alpha value is -1.43. The summed E-state index contributed by atoms with van der Waals surface area (Å²) < 4.78 is 0.811. The standard InChI is InChI=1S/C13H16BrN3O2/c14-9-5-6-11(16-7-9)13(19)17(8-12(15)18)10-3-1-2-4-10/h5-7,10H,1-4,8H2,(H2,15,18). The first-order valence-corrected chi connectivity index (χ1v) is 7.08. The van der Waals surface area contributed by atoms with E-state index in [2.05, 4.69) is 20.9 Å². The highest BCUT2D eigenvalue weighted by atomic mass is 79.9. The molecule has 1 aliphatic rings. The number of nitrogens with two attached hydrogens (primary N) is 1. The lowest BCUT2D eigenvalue weighted by Crippen LogP contribution is -2.44. The topological polar surface area (TPSA) is 76.3 Å². The minimum Gasteiger partial charge on any atom is -0.368 e. The molecule has 1 aromatic heterocycles. The maximum Gasteiger partial charge on any atom is 0.273 e. The van der Waals surface area contributed by atoms with Crippen molar-refractivity contribution in [3.63, 3.8) is 0 Å². The summed E-state index contributed by atoms with van der Waals surface area (Å²) >= 11 is 3.28. The third-order valence-corrected chi connectivity index (χ3v) is 3.77. The molecule has 19 heavy (non-hydrogen) atoms. The lowest BCUT2D eigenvalue weighted by Gasteiger charge is -2.27. The molecule has 0 radical (unpaired) electrons. The number of halogens is 1. The second kappa shape index (κ2) is 6.14. The molecule has 6 heteroatoms. The van der Waals surface area contributed by atoms with E-state index in [1.165, 1.54) is 0 Å². The highest BCUT2D eigenvalue weighted by Crippen LogP contribution is 2.24. The maximum absolute atomic E-state index is 12.4. The normalized spacial score (nSPS) is 15.4. The fraction of sp³-hybridized carbons (Fsp3) is 0.462. The predicted octanol–water partition coefficient (Wildman–Crippen LogP) is 1.71. The number of amides is 2. The van der Waals surface area contributed by atoms with E-state index in [0.29, 0.717) is 5.69 Å². The van der Waals surface area contributed by atoms with E-state index < -0.39 is 5.91 Å². The Kier molecular flexibility index (Phi) is 4.52. The fourth-order valence-corrected chi connectivity index (χ4v) is 2.63. The highest BCUT2D eigenvalue weighted by Gasteiger charge is 2.29. The van der Waals surface area contributed by atoms with Gasteiger partial charge in [0.1, 0.15) is 5.69 Å². The second-order valence-corrected chi connectivity index (χ2v) is 5.61. The SMILES string of the molecule is NC(=O)CN(C(=O)c1ccc(Br)cn1)C1CCCC1. The molecule has 1 aromatic rings. The van der Waals surface area contributed by atoms with Crippen LogP contribution in [0.5, 0.6) is 0 Å². The molecular weight excluding hydrogens is 310 g/mol. The van der Waals surface area contributed by atoms with Crippen LogP contribution in [0.2, 0.25) is 0 Å². The van der Waals surface area contributed by atoms with Crippen LogP contribution in [0, 0.1) is 0 Å². The number of pyridine rings is 1. The second-order valence-electron chi connectivity index (χ2n) is 4.70. The van der Waals surface area contributed by atoms with Crippen LogP contribution >= 0.6 is 15.9 Å². The molecule has 1 saturated carbocycles. The van der Waals surface area contributed by atoms with E-state index in [1.54, 1.807) is 23.2 Å². The summed E-state index contributed by atoms with van der Waals surface area (Å²) in [7, 11) is 0. The summed E-state index contributed by atoms with van der Waals surface area (Å²) in [5, 5.41) is 0. The van der Waals surface area contributed by atoms with Crippen LogP contribution in [-0.2, 0) is 4.79 Å². The Morgan fingerprint density at radius 3 is 2.58 bits per heavy atom. The van der Waals surface area contributed by atoms with Crippen molar-refractivity contribution in [2.45, 2.75) is 31.7 Å². The van der Waals surface area contributed by atoms with Gasteiger partial charge in [0.25, 0.3) is 5.91 Å². The Labute approximate surface area is 120 Å². The average Bonchev–Trinajstić information content (AvgIpc) is 2.89. The van der Waals surface area contributed by atoms with Gasteiger partial charge in [0.05, 0.1) is 6.54 Å². The molecule has 0 bridgehead atoms. The average molecular weight is 326 g/mol. The van der Waals surface area contributed by atoms with E-state index in [1.807, 2.05) is 0 Å². The molecule has 1 heterocycles. The van der Waals surface area contributed by atoms with Crippen LogP contribution in [0.25, 0.3) is 0 Å². The molecule has 0 saturated heterocycles. The van der Waals surface area contributed by atoms with Gasteiger partial charge in [-0.1, -0.05) is 12.8 Å². The Balaban J connectivity index is 2.18. The van der Waals surface area contributed by atoms with Crippen molar-refractivity contribution in [1.82, 2.24) is 9.88 Å². The monoisotopic (exact) mass is 325 g/mol. The number of aromatic nitrogens is 1. The van der Waals surface area contributed by atoms with Crippen molar-refractivity contribution in [3.8, 4) is 0 Å². The third kappa shape index (κ3) is 3.53. The minimum absolute atomic E-state index is 0.0404. The molecular formula is C13H16BrN3O2. The van der Waals surface area contributed by atoms with Gasteiger partial charge in [0.15, 0.2) is 0 Å². The van der Waals surface area contributed by atoms with E-state index in [9.17, 15) is 9.59 Å². The smallest absolute Gasteiger partial charge is 0.273 e. The zero-order chi connectivity index (χ0) is 13.8. The zero-order valence-corrected chi connectivity index (χ0v) is 12.1. The Morgan fingerprint density at radius 1 is 1.37 bits per heavy atom. The number of hydrogen-bond donors (Lipinski definition) is 1. The lowest BCUT2D eigenvalue weighted by atomic mass is 10.2. The quantitative estimate of drug-likeness (QED) is 0.915. The van der Waals surface area contributed by atoms with Gasteiger partial charge in [-0.2, -0.15) is 0 Å². The number of rotatable bonds is 4. The van der Waals surface area contributed by atoms with E-state index in [0.717, 1.165) is 30.2 Å². The van der Waals surface area contributed by atoms with E-state index in [-0.39, 0.29) is 18.5 Å². The molecule has 0 aromatic carbocycles. The number of carbonyl (C=O) groups excluding carboxylic acids is 2. The molecule has 2 N–H and O–H groups in total. The number of hydrogen-bond acceptors (Lipinski definition) is 3. The number of carbonyl (C=O) groups is 2. The Bertz CT molecular complexity index is 469. The summed E-state index contributed by atoms with van der Waals surface area (Å²) in [5.41, 5.74) is 5.58. The molecule has 0 atom stereocenters. The summed E-state index contributed by atoms with van der Waals surface area (Å²) in [6.45, 7) is -0.0404. The van der Waals surface area contributed by atoms with Crippen LogP contribution < -0.4 is 5.73 Å². The Morgan fingerprint density at radius 2 is 2.05 bits per heavy atom. The van der Waals surface area contributed by atoms with Gasteiger partial charge in [-0.05, 0) is 40.9 Å². The molecule has 2 rings (SSSR count). The van der Waals surface area contributed by atoms with E-state index in [4.69, 9.17) is 5.73 Å². The van der Waals surface area contributed by atoms with Crippen LogP contribution in [0.1, 0.15) is 36.2 Å². The molecule has 2 amide bonds. The van der Waals surface area contributed by atoms with Crippen molar-refractivity contribution < 1.29 is 9.59 Å². The first kappa shape index (κ1) is 14.0. The molecule has 0 spiro atoms. The van der Waals surface area contributed by atoms with Crippen LogP contribution in [0.3, 0.4) is 0 Å². The predicted molar refractivity (Wildman–Crippen MR) is 74.4 cm³/mol. The first-order valence-electron chi connectivity index (χ1n) is 6.29. The third-order valence-electron chi connectivity index (χ3n) is 3.30. The molecule has 102 valence electrons. The van der Waals surface area contributed by atoms with Gasteiger partial charge >= 0.3 is 0 Å². The molecule has 1 fully saturated rings. The van der Waals surface area contributed by atoms with Crippen LogP contribution in [-0.4, -0.2) is 34.3 Å². The van der Waals surface area contributed by atoms with Gasteiger partial charge in [0, 0.05) is 16.7 Å². The van der Waals surface area contributed by atoms with Crippen molar-refractivity contribution in [3.05, 3.63) is 28.5 Å². The molecule has 0 unspecified atom stereocenters. The summed E-state index contributed by atoms with van der Waals surface area (Å²) in [5.74, 6) is -0.712. The lowest BCUT2D eigenvalue weighted by molar-refractivity contribution is -0.119. The van der Waals surface area contributed by atoms with Crippen molar-refractivity contribution >= 4 is 27.7 Å². The minimum atomic E-state index is -0.489. The van der Waals surface area contributed by atoms with Gasteiger partial charge < -0.3 is 10.6 Å². The maximum atomic E-state index is 12.4. The fourth-order valence-electron chi connectivity index (χ4n) is 2.40. The van der Waals surface area contributed by atoms with E-state index >= 15 is 0 Å². The van der Waals surface area contributed by atoms with Gasteiger partial charge in [-0.15, -0.1) is 0 Å². The molecule has 0 aliphatic heterocycles. The van der Waals surface area contributed by atoms with Crippen molar-refractivity contribution in [1.29, 1.82) is 0 Å². The largest absolute Gasteiger partial charge is 0.368 e. The summed E-state index contributed by atoms with van der Waals surface area (Å²) in [6.07, 6.45) is 5.59. The van der Waals surface area contributed by atoms with Crippen LogP contribution in [0.4, 0.5) is 0 Å². The molecule has 1 aliphatic carbocycles.